The van der Waals surface area contributed by atoms with Crippen LogP contribution in [0.15, 0.2) is 45.6 Å². The molecule has 3 rings (SSSR count). The van der Waals surface area contributed by atoms with Gasteiger partial charge in [0, 0.05) is 12.1 Å². The third-order valence-electron chi connectivity index (χ3n) is 3.68. The molecular formula is C18H16O6. The number of rotatable bonds is 4. The summed E-state index contributed by atoms with van der Waals surface area (Å²) in [6.45, 7) is 0. The lowest BCUT2D eigenvalue weighted by atomic mass is 10.1. The van der Waals surface area contributed by atoms with Gasteiger partial charge in [0.1, 0.15) is 17.1 Å². The van der Waals surface area contributed by atoms with Crippen LogP contribution in [0.25, 0.3) is 22.3 Å². The molecule has 2 aromatic carbocycles. The molecule has 0 aliphatic heterocycles. The third-order valence-corrected chi connectivity index (χ3v) is 3.68. The normalized spacial score (nSPS) is 10.6. The van der Waals surface area contributed by atoms with Gasteiger partial charge in [-0.05, 0) is 24.3 Å². The summed E-state index contributed by atoms with van der Waals surface area (Å²) in [5, 5.41) is 10.00. The minimum absolute atomic E-state index is 0.0158. The molecule has 0 spiro atoms. The van der Waals surface area contributed by atoms with Crippen LogP contribution in [0.4, 0.5) is 0 Å². The molecule has 124 valence electrons. The minimum Gasteiger partial charge on any atom is -0.508 e. The number of hydrogen-bond donors (Lipinski definition) is 1. The van der Waals surface area contributed by atoms with Crippen LogP contribution in [0, 0.1) is 0 Å². The van der Waals surface area contributed by atoms with Gasteiger partial charge in [-0.3, -0.25) is 4.79 Å². The molecule has 6 nitrogen and oxygen atoms in total. The quantitative estimate of drug-likeness (QED) is 0.792. The standard InChI is InChI=1S/C18H16O6/c1-21-14-7-6-12(17(22-2)18(14)23-3)16-9-13(20)11-5-4-10(19)8-15(11)24-16/h4-9,19H,1-3H3. The Morgan fingerprint density at radius 1 is 0.917 bits per heavy atom. The van der Waals surface area contributed by atoms with Gasteiger partial charge in [-0.2, -0.15) is 0 Å². The molecule has 6 heteroatoms. The topological polar surface area (TPSA) is 78.1 Å². The van der Waals surface area contributed by atoms with Gasteiger partial charge in [0.2, 0.25) is 5.75 Å². The van der Waals surface area contributed by atoms with E-state index in [0.29, 0.717) is 34.0 Å². The van der Waals surface area contributed by atoms with Crippen molar-refractivity contribution in [2.45, 2.75) is 0 Å². The van der Waals surface area contributed by atoms with E-state index in [2.05, 4.69) is 0 Å². The number of hydrogen-bond acceptors (Lipinski definition) is 6. The van der Waals surface area contributed by atoms with Crippen molar-refractivity contribution in [1.82, 2.24) is 0 Å². The summed E-state index contributed by atoms with van der Waals surface area (Å²) in [4.78, 5) is 12.3. The zero-order chi connectivity index (χ0) is 17.3. The van der Waals surface area contributed by atoms with Crippen molar-refractivity contribution in [1.29, 1.82) is 0 Å². The van der Waals surface area contributed by atoms with E-state index in [0.717, 1.165) is 0 Å². The second kappa shape index (κ2) is 6.16. The molecule has 0 unspecified atom stereocenters. The molecule has 3 aromatic rings. The number of ether oxygens (including phenoxy) is 3. The number of benzene rings is 2. The molecule has 0 bridgehead atoms. The number of aromatic hydroxyl groups is 1. The molecule has 0 radical (unpaired) electrons. The van der Waals surface area contributed by atoms with Crippen LogP contribution in [-0.4, -0.2) is 26.4 Å². The van der Waals surface area contributed by atoms with Crippen LogP contribution in [-0.2, 0) is 0 Å². The third kappa shape index (κ3) is 2.52. The van der Waals surface area contributed by atoms with Gasteiger partial charge in [-0.1, -0.05) is 0 Å². The average molecular weight is 328 g/mol. The largest absolute Gasteiger partial charge is 0.508 e. The van der Waals surface area contributed by atoms with Gasteiger partial charge in [0.05, 0.1) is 32.3 Å². The first-order chi connectivity index (χ1) is 11.6. The number of phenolic OH excluding ortho intramolecular Hbond substituents is 1. The molecular weight excluding hydrogens is 312 g/mol. The summed E-state index contributed by atoms with van der Waals surface area (Å²) in [7, 11) is 4.51. The van der Waals surface area contributed by atoms with E-state index < -0.39 is 0 Å². The van der Waals surface area contributed by atoms with Crippen LogP contribution in [0.3, 0.4) is 0 Å². The van der Waals surface area contributed by atoms with Crippen LogP contribution >= 0.6 is 0 Å². The lowest BCUT2D eigenvalue weighted by molar-refractivity contribution is 0.325. The van der Waals surface area contributed by atoms with Crippen molar-refractivity contribution in [3.8, 4) is 34.3 Å². The Labute approximate surface area is 137 Å². The molecule has 0 amide bonds. The first-order valence-electron chi connectivity index (χ1n) is 7.15. The lowest BCUT2D eigenvalue weighted by Gasteiger charge is -2.15. The van der Waals surface area contributed by atoms with Gasteiger partial charge in [-0.25, -0.2) is 0 Å². The van der Waals surface area contributed by atoms with Crippen LogP contribution in [0.1, 0.15) is 0 Å². The fourth-order valence-electron chi connectivity index (χ4n) is 2.57. The molecule has 0 aliphatic rings. The van der Waals surface area contributed by atoms with Crippen molar-refractivity contribution in [3.63, 3.8) is 0 Å². The summed E-state index contributed by atoms with van der Waals surface area (Å²) in [6, 6.07) is 9.15. The highest BCUT2D eigenvalue weighted by Crippen LogP contribution is 2.44. The van der Waals surface area contributed by atoms with Crippen molar-refractivity contribution in [3.05, 3.63) is 46.6 Å². The highest BCUT2D eigenvalue weighted by atomic mass is 16.5. The SMILES string of the molecule is COc1ccc(-c2cc(=O)c3ccc(O)cc3o2)c(OC)c1OC. The fraction of sp³-hybridized carbons (Fsp3) is 0.167. The summed E-state index contributed by atoms with van der Waals surface area (Å²) in [5.74, 6) is 1.60. The Morgan fingerprint density at radius 3 is 2.33 bits per heavy atom. The highest BCUT2D eigenvalue weighted by Gasteiger charge is 2.19. The van der Waals surface area contributed by atoms with E-state index in [1.165, 1.54) is 45.6 Å². The summed E-state index contributed by atoms with van der Waals surface area (Å²) in [6.07, 6.45) is 0. The second-order valence-corrected chi connectivity index (χ2v) is 5.04. The predicted molar refractivity (Wildman–Crippen MR) is 89.2 cm³/mol. The highest BCUT2D eigenvalue weighted by molar-refractivity contribution is 5.81. The van der Waals surface area contributed by atoms with Crippen LogP contribution in [0.5, 0.6) is 23.0 Å². The van der Waals surface area contributed by atoms with Gasteiger partial charge in [-0.15, -0.1) is 0 Å². The Balaban J connectivity index is 2.29. The van der Waals surface area contributed by atoms with Gasteiger partial charge in [0.15, 0.2) is 16.9 Å². The second-order valence-electron chi connectivity index (χ2n) is 5.04. The van der Waals surface area contributed by atoms with E-state index in [-0.39, 0.29) is 16.8 Å². The first kappa shape index (κ1) is 15.7. The Morgan fingerprint density at radius 2 is 1.67 bits per heavy atom. The number of fused-ring (bicyclic) bond motifs is 1. The monoisotopic (exact) mass is 328 g/mol. The van der Waals surface area contributed by atoms with Crippen LogP contribution in [0.2, 0.25) is 0 Å². The van der Waals surface area contributed by atoms with Crippen molar-refractivity contribution < 1.29 is 23.7 Å². The van der Waals surface area contributed by atoms with Crippen molar-refractivity contribution >= 4 is 11.0 Å². The molecule has 0 aliphatic carbocycles. The molecule has 1 heterocycles. The van der Waals surface area contributed by atoms with Gasteiger partial charge < -0.3 is 23.7 Å². The molecule has 0 saturated heterocycles. The zero-order valence-electron chi connectivity index (χ0n) is 13.5. The smallest absolute Gasteiger partial charge is 0.204 e. The fourth-order valence-corrected chi connectivity index (χ4v) is 2.57. The predicted octanol–water partition coefficient (Wildman–Crippen LogP) is 3.19. The Kier molecular flexibility index (Phi) is 4.04. The summed E-state index contributed by atoms with van der Waals surface area (Å²) < 4.78 is 21.8. The lowest BCUT2D eigenvalue weighted by Crippen LogP contribution is -2.02. The van der Waals surface area contributed by atoms with E-state index >= 15 is 0 Å². The molecule has 1 aromatic heterocycles. The summed E-state index contributed by atoms with van der Waals surface area (Å²) in [5.41, 5.74) is 0.606. The molecule has 1 N–H and O–H groups in total. The number of methoxy groups -OCH3 is 3. The Bertz CT molecular complexity index is 958. The maximum Gasteiger partial charge on any atom is 0.204 e. The molecule has 24 heavy (non-hydrogen) atoms. The van der Waals surface area contributed by atoms with E-state index in [1.54, 1.807) is 12.1 Å². The van der Waals surface area contributed by atoms with E-state index in [4.69, 9.17) is 18.6 Å². The summed E-state index contributed by atoms with van der Waals surface area (Å²) >= 11 is 0. The van der Waals surface area contributed by atoms with Crippen molar-refractivity contribution in [2.75, 3.05) is 21.3 Å². The van der Waals surface area contributed by atoms with Gasteiger partial charge >= 0.3 is 0 Å². The van der Waals surface area contributed by atoms with Crippen LogP contribution < -0.4 is 19.6 Å². The number of phenols is 1. The maximum absolute atomic E-state index is 12.3. The molecule has 0 fully saturated rings. The molecule has 0 atom stereocenters. The maximum atomic E-state index is 12.3. The molecule has 0 saturated carbocycles. The van der Waals surface area contributed by atoms with Gasteiger partial charge in [0.25, 0.3) is 0 Å². The zero-order valence-corrected chi connectivity index (χ0v) is 13.5. The minimum atomic E-state index is -0.219. The van der Waals surface area contributed by atoms with Crippen molar-refractivity contribution in [2.24, 2.45) is 0 Å². The van der Waals surface area contributed by atoms with E-state index in [9.17, 15) is 9.90 Å². The first-order valence-corrected chi connectivity index (χ1v) is 7.15. The Hall–Kier alpha value is -3.15. The average Bonchev–Trinajstić information content (AvgIpc) is 2.59. The van der Waals surface area contributed by atoms with E-state index in [1.807, 2.05) is 0 Å².